The average molecular weight is 252 g/mol. The zero-order valence-electron chi connectivity index (χ0n) is 8.02. The molecule has 2 aromatic rings. The van der Waals surface area contributed by atoms with Crippen molar-refractivity contribution in [2.75, 3.05) is 0 Å². The molecular weight excluding hydrogens is 242 g/mol. The highest BCUT2D eigenvalue weighted by molar-refractivity contribution is 9.10. The van der Waals surface area contributed by atoms with Crippen molar-refractivity contribution < 1.29 is 0 Å². The second-order valence-electron chi connectivity index (χ2n) is 3.47. The van der Waals surface area contributed by atoms with Gasteiger partial charge in [-0.1, -0.05) is 6.07 Å². The van der Waals surface area contributed by atoms with E-state index in [1.54, 1.807) is 6.20 Å². The van der Waals surface area contributed by atoms with E-state index in [0.717, 1.165) is 22.0 Å². The number of H-pyrrole nitrogens is 1. The molecule has 1 aromatic carbocycles. The first-order valence-electron chi connectivity index (χ1n) is 4.38. The van der Waals surface area contributed by atoms with Crippen LogP contribution >= 0.6 is 15.9 Å². The first kappa shape index (κ1) is 9.46. The minimum atomic E-state index is 0.0521. The van der Waals surface area contributed by atoms with Crippen LogP contribution in [0.1, 0.15) is 11.1 Å². The Morgan fingerprint density at radius 2 is 2.00 bits per heavy atom. The summed E-state index contributed by atoms with van der Waals surface area (Å²) in [6, 6.07) is 4.00. The van der Waals surface area contributed by atoms with E-state index in [1.165, 1.54) is 0 Å². The molecule has 1 N–H and O–H groups in total. The smallest absolute Gasteiger partial charge is 0.203 e. The second-order valence-corrected chi connectivity index (χ2v) is 4.32. The number of aromatic amines is 1. The highest BCUT2D eigenvalue weighted by atomic mass is 79.9. The third kappa shape index (κ3) is 1.38. The normalized spacial score (nSPS) is 10.8. The molecule has 1 aromatic heterocycles. The largest absolute Gasteiger partial charge is 0.360 e. The van der Waals surface area contributed by atoms with Crippen molar-refractivity contribution >= 4 is 26.8 Å². The highest BCUT2D eigenvalue weighted by Gasteiger charge is 2.05. The van der Waals surface area contributed by atoms with E-state index in [9.17, 15) is 4.79 Å². The first-order valence-corrected chi connectivity index (χ1v) is 5.17. The van der Waals surface area contributed by atoms with Gasteiger partial charge >= 0.3 is 0 Å². The van der Waals surface area contributed by atoms with E-state index >= 15 is 0 Å². The Kier molecular flexibility index (Phi) is 2.19. The Bertz CT molecular complexity index is 557. The Morgan fingerprint density at radius 1 is 1.29 bits per heavy atom. The summed E-state index contributed by atoms with van der Waals surface area (Å²) in [7, 11) is 0. The van der Waals surface area contributed by atoms with Crippen LogP contribution in [-0.4, -0.2) is 4.98 Å². The van der Waals surface area contributed by atoms with Crippen molar-refractivity contribution in [2.45, 2.75) is 13.8 Å². The third-order valence-electron chi connectivity index (χ3n) is 2.28. The number of fused-ring (bicyclic) bond motifs is 1. The Labute approximate surface area is 90.1 Å². The lowest BCUT2D eigenvalue weighted by Crippen LogP contribution is -2.05. The molecule has 0 atom stereocenters. The van der Waals surface area contributed by atoms with Gasteiger partial charge in [-0.05, 0) is 47.0 Å². The topological polar surface area (TPSA) is 32.9 Å². The Morgan fingerprint density at radius 3 is 2.71 bits per heavy atom. The molecule has 0 aliphatic heterocycles. The summed E-state index contributed by atoms with van der Waals surface area (Å²) in [6.07, 6.45) is 1.68. The van der Waals surface area contributed by atoms with E-state index in [0.29, 0.717) is 4.47 Å². The molecule has 0 aliphatic rings. The molecular formula is C11H10BrNO. The lowest BCUT2D eigenvalue weighted by atomic mass is 10.1. The molecule has 0 saturated heterocycles. The van der Waals surface area contributed by atoms with Gasteiger partial charge in [0.2, 0.25) is 5.43 Å². The van der Waals surface area contributed by atoms with Gasteiger partial charge in [0.25, 0.3) is 0 Å². The molecule has 14 heavy (non-hydrogen) atoms. The fraction of sp³-hybridized carbons (Fsp3) is 0.182. The van der Waals surface area contributed by atoms with Crippen molar-refractivity contribution in [3.8, 4) is 0 Å². The van der Waals surface area contributed by atoms with Crippen molar-refractivity contribution in [3.05, 3.63) is 44.2 Å². The van der Waals surface area contributed by atoms with E-state index in [1.807, 2.05) is 26.0 Å². The molecule has 0 radical (unpaired) electrons. The summed E-state index contributed by atoms with van der Waals surface area (Å²) >= 11 is 3.23. The van der Waals surface area contributed by atoms with Crippen LogP contribution in [0.15, 0.2) is 27.6 Å². The molecule has 0 unspecified atom stereocenters. The second kappa shape index (κ2) is 3.24. The van der Waals surface area contributed by atoms with E-state index < -0.39 is 0 Å². The Balaban J connectivity index is 3.03. The molecule has 2 nitrogen and oxygen atoms in total. The minimum Gasteiger partial charge on any atom is -0.360 e. The highest BCUT2D eigenvalue weighted by Crippen LogP contribution is 2.17. The number of pyridine rings is 1. The zero-order chi connectivity index (χ0) is 10.3. The molecule has 0 bridgehead atoms. The van der Waals surface area contributed by atoms with Crippen LogP contribution in [0.5, 0.6) is 0 Å². The molecule has 0 fully saturated rings. The predicted octanol–water partition coefficient (Wildman–Crippen LogP) is 2.91. The van der Waals surface area contributed by atoms with Gasteiger partial charge in [-0.2, -0.15) is 0 Å². The predicted molar refractivity (Wildman–Crippen MR) is 61.7 cm³/mol. The lowest BCUT2D eigenvalue weighted by Gasteiger charge is -2.03. The third-order valence-corrected chi connectivity index (χ3v) is 2.87. The number of rotatable bonds is 0. The van der Waals surface area contributed by atoms with E-state index in [-0.39, 0.29) is 5.43 Å². The number of benzene rings is 1. The van der Waals surface area contributed by atoms with Gasteiger partial charge in [-0.25, -0.2) is 0 Å². The molecule has 0 aliphatic carbocycles. The number of halogens is 1. The quantitative estimate of drug-likeness (QED) is 0.768. The fourth-order valence-corrected chi connectivity index (χ4v) is 2.02. The molecule has 3 heteroatoms. The SMILES string of the molecule is Cc1cc(C)c2c(=O)c(Br)c[nH]c2c1. The number of nitrogens with one attached hydrogen (secondary N) is 1. The lowest BCUT2D eigenvalue weighted by molar-refractivity contribution is 1.32. The van der Waals surface area contributed by atoms with Crippen molar-refractivity contribution in [1.82, 2.24) is 4.98 Å². The van der Waals surface area contributed by atoms with Crippen LogP contribution in [-0.2, 0) is 0 Å². The van der Waals surface area contributed by atoms with Crippen LogP contribution in [0.25, 0.3) is 10.9 Å². The van der Waals surface area contributed by atoms with Crippen molar-refractivity contribution in [1.29, 1.82) is 0 Å². The minimum absolute atomic E-state index is 0.0521. The van der Waals surface area contributed by atoms with Crippen LogP contribution < -0.4 is 5.43 Å². The van der Waals surface area contributed by atoms with Crippen molar-refractivity contribution in [2.24, 2.45) is 0 Å². The van der Waals surface area contributed by atoms with Crippen molar-refractivity contribution in [3.63, 3.8) is 0 Å². The number of hydrogen-bond donors (Lipinski definition) is 1. The van der Waals surface area contributed by atoms with Gasteiger partial charge in [-0.3, -0.25) is 4.79 Å². The molecule has 72 valence electrons. The first-order chi connectivity index (χ1) is 6.59. The molecule has 2 rings (SSSR count). The zero-order valence-corrected chi connectivity index (χ0v) is 9.60. The summed E-state index contributed by atoms with van der Waals surface area (Å²) in [4.78, 5) is 14.9. The Hall–Kier alpha value is -1.09. The van der Waals surface area contributed by atoms with Gasteiger partial charge < -0.3 is 4.98 Å². The average Bonchev–Trinajstić information content (AvgIpc) is 2.10. The van der Waals surface area contributed by atoms with Crippen LogP contribution in [0.2, 0.25) is 0 Å². The van der Waals surface area contributed by atoms with Crippen LogP contribution in [0.4, 0.5) is 0 Å². The number of hydrogen-bond acceptors (Lipinski definition) is 1. The standard InChI is InChI=1S/C11H10BrNO/c1-6-3-7(2)10-9(4-6)13-5-8(12)11(10)14/h3-5H,1-2H3,(H,13,14). The van der Waals surface area contributed by atoms with E-state index in [4.69, 9.17) is 0 Å². The van der Waals surface area contributed by atoms with Gasteiger partial charge in [0, 0.05) is 17.1 Å². The van der Waals surface area contributed by atoms with Gasteiger partial charge in [-0.15, -0.1) is 0 Å². The van der Waals surface area contributed by atoms with Crippen LogP contribution in [0, 0.1) is 13.8 Å². The van der Waals surface area contributed by atoms with Crippen LogP contribution in [0.3, 0.4) is 0 Å². The monoisotopic (exact) mass is 251 g/mol. The summed E-state index contributed by atoms with van der Waals surface area (Å²) in [6.45, 7) is 3.98. The maximum atomic E-state index is 11.8. The molecule has 0 amide bonds. The summed E-state index contributed by atoms with van der Waals surface area (Å²) in [5, 5.41) is 0.768. The van der Waals surface area contributed by atoms with Gasteiger partial charge in [0.1, 0.15) is 0 Å². The fourth-order valence-electron chi connectivity index (χ4n) is 1.71. The van der Waals surface area contributed by atoms with Gasteiger partial charge in [0.05, 0.1) is 4.47 Å². The van der Waals surface area contributed by atoms with Gasteiger partial charge in [0.15, 0.2) is 0 Å². The maximum Gasteiger partial charge on any atom is 0.203 e. The number of aromatic nitrogens is 1. The summed E-state index contributed by atoms with van der Waals surface area (Å²) in [5.41, 5.74) is 3.13. The molecule has 0 saturated carbocycles. The maximum absolute atomic E-state index is 11.8. The number of aryl methyl sites for hydroxylation is 2. The summed E-state index contributed by atoms with van der Waals surface area (Å²) in [5.74, 6) is 0. The molecule has 1 heterocycles. The summed E-state index contributed by atoms with van der Waals surface area (Å²) < 4.78 is 0.581. The molecule has 0 spiro atoms. The van der Waals surface area contributed by atoms with E-state index in [2.05, 4.69) is 20.9 Å².